The number of hydrogen-bond acceptors (Lipinski definition) is 1. The number of fused-ring (bicyclic) bond motifs is 1. The SMILES string of the molecule is ClCc1ccc(Br)cc1Oc1cccc2ccccc12. The van der Waals surface area contributed by atoms with Crippen LogP contribution in [-0.2, 0) is 5.88 Å². The van der Waals surface area contributed by atoms with Gasteiger partial charge in [-0.1, -0.05) is 58.4 Å². The molecule has 0 bridgehead atoms. The first-order chi connectivity index (χ1) is 9.78. The van der Waals surface area contributed by atoms with Crippen LogP contribution < -0.4 is 4.74 Å². The van der Waals surface area contributed by atoms with Gasteiger partial charge in [0.25, 0.3) is 0 Å². The molecule has 0 amide bonds. The lowest BCUT2D eigenvalue weighted by atomic mass is 10.1. The third-order valence-electron chi connectivity index (χ3n) is 3.14. The number of rotatable bonds is 3. The molecule has 0 aliphatic rings. The maximum atomic E-state index is 6.08. The fraction of sp³-hybridized carbons (Fsp3) is 0.0588. The van der Waals surface area contributed by atoms with Gasteiger partial charge >= 0.3 is 0 Å². The first-order valence-electron chi connectivity index (χ1n) is 6.28. The number of ether oxygens (including phenoxy) is 1. The standard InChI is InChI=1S/C17H12BrClO/c18-14-9-8-13(11-19)17(10-14)20-16-7-3-5-12-4-1-2-6-15(12)16/h1-10H,11H2. The minimum absolute atomic E-state index is 0.424. The first-order valence-corrected chi connectivity index (χ1v) is 7.60. The Kier molecular flexibility index (Phi) is 3.95. The fourth-order valence-electron chi connectivity index (χ4n) is 2.14. The van der Waals surface area contributed by atoms with Crippen LogP contribution in [0.1, 0.15) is 5.56 Å². The highest BCUT2D eigenvalue weighted by atomic mass is 79.9. The molecule has 0 aromatic heterocycles. The Morgan fingerprint density at radius 2 is 1.70 bits per heavy atom. The van der Waals surface area contributed by atoms with Gasteiger partial charge in [-0.25, -0.2) is 0 Å². The van der Waals surface area contributed by atoms with Crippen LogP contribution in [0, 0.1) is 0 Å². The topological polar surface area (TPSA) is 9.23 Å². The van der Waals surface area contributed by atoms with Crippen LogP contribution in [0.15, 0.2) is 65.1 Å². The van der Waals surface area contributed by atoms with Crippen molar-refractivity contribution in [3.63, 3.8) is 0 Å². The Labute approximate surface area is 131 Å². The molecule has 0 fully saturated rings. The molecular formula is C17H12BrClO. The van der Waals surface area contributed by atoms with Crippen molar-refractivity contribution in [3.05, 3.63) is 70.7 Å². The summed E-state index contributed by atoms with van der Waals surface area (Å²) in [5.74, 6) is 2.05. The molecule has 20 heavy (non-hydrogen) atoms. The molecule has 0 spiro atoms. The van der Waals surface area contributed by atoms with Gasteiger partial charge in [-0.2, -0.15) is 0 Å². The molecule has 100 valence electrons. The zero-order valence-electron chi connectivity index (χ0n) is 10.6. The molecular weight excluding hydrogens is 336 g/mol. The number of benzene rings is 3. The van der Waals surface area contributed by atoms with E-state index in [2.05, 4.69) is 34.1 Å². The molecule has 3 aromatic carbocycles. The molecule has 3 heteroatoms. The van der Waals surface area contributed by atoms with Gasteiger partial charge in [0.1, 0.15) is 11.5 Å². The normalized spacial score (nSPS) is 10.7. The molecule has 3 aromatic rings. The third-order valence-corrected chi connectivity index (χ3v) is 3.92. The summed E-state index contributed by atoms with van der Waals surface area (Å²) in [6, 6.07) is 20.1. The van der Waals surface area contributed by atoms with Crippen molar-refractivity contribution in [1.29, 1.82) is 0 Å². The van der Waals surface area contributed by atoms with Crippen LogP contribution in [0.3, 0.4) is 0 Å². The predicted molar refractivity (Wildman–Crippen MR) is 87.7 cm³/mol. The second kappa shape index (κ2) is 5.86. The van der Waals surface area contributed by atoms with Crippen LogP contribution in [0.5, 0.6) is 11.5 Å². The molecule has 0 N–H and O–H groups in total. The van der Waals surface area contributed by atoms with Gasteiger partial charge < -0.3 is 4.74 Å². The maximum Gasteiger partial charge on any atom is 0.135 e. The van der Waals surface area contributed by atoms with Crippen LogP contribution in [0.25, 0.3) is 10.8 Å². The Morgan fingerprint density at radius 1 is 0.900 bits per heavy atom. The van der Waals surface area contributed by atoms with Crippen LogP contribution in [0.4, 0.5) is 0 Å². The second-order valence-corrected chi connectivity index (χ2v) is 5.65. The van der Waals surface area contributed by atoms with Crippen molar-refractivity contribution in [3.8, 4) is 11.5 Å². The van der Waals surface area contributed by atoms with Gasteiger partial charge in [0, 0.05) is 15.4 Å². The minimum atomic E-state index is 0.424. The molecule has 0 heterocycles. The maximum absolute atomic E-state index is 6.08. The Bertz CT molecular complexity index is 750. The molecule has 0 saturated heterocycles. The highest BCUT2D eigenvalue weighted by molar-refractivity contribution is 9.10. The van der Waals surface area contributed by atoms with Crippen LogP contribution in [-0.4, -0.2) is 0 Å². The van der Waals surface area contributed by atoms with Crippen molar-refractivity contribution in [2.45, 2.75) is 5.88 Å². The number of alkyl halides is 1. The van der Waals surface area contributed by atoms with Crippen molar-refractivity contribution in [1.82, 2.24) is 0 Å². The van der Waals surface area contributed by atoms with Crippen molar-refractivity contribution >= 4 is 38.3 Å². The van der Waals surface area contributed by atoms with Crippen LogP contribution >= 0.6 is 27.5 Å². The largest absolute Gasteiger partial charge is 0.456 e. The summed E-state index contributed by atoms with van der Waals surface area (Å²) in [7, 11) is 0. The van der Waals surface area contributed by atoms with E-state index in [0.29, 0.717) is 5.88 Å². The van der Waals surface area contributed by atoms with E-state index in [9.17, 15) is 0 Å². The van der Waals surface area contributed by atoms with Crippen molar-refractivity contribution in [2.75, 3.05) is 0 Å². The van der Waals surface area contributed by atoms with Gasteiger partial charge in [0.2, 0.25) is 0 Å². The lowest BCUT2D eigenvalue weighted by Gasteiger charge is -2.12. The molecule has 0 aliphatic carbocycles. The van der Waals surface area contributed by atoms with Crippen molar-refractivity contribution < 1.29 is 4.74 Å². The van der Waals surface area contributed by atoms with E-state index in [1.165, 1.54) is 0 Å². The summed E-state index contributed by atoms with van der Waals surface area (Å²) in [4.78, 5) is 0. The molecule has 0 atom stereocenters. The zero-order valence-corrected chi connectivity index (χ0v) is 13.0. The highest BCUT2D eigenvalue weighted by Crippen LogP contribution is 2.33. The van der Waals surface area contributed by atoms with Gasteiger partial charge in [-0.05, 0) is 23.6 Å². The van der Waals surface area contributed by atoms with E-state index in [0.717, 1.165) is 32.3 Å². The molecule has 1 nitrogen and oxygen atoms in total. The predicted octanol–water partition coefficient (Wildman–Crippen LogP) is 6.13. The highest BCUT2D eigenvalue weighted by Gasteiger charge is 2.07. The number of halogens is 2. The molecule has 0 unspecified atom stereocenters. The summed E-state index contributed by atoms with van der Waals surface area (Å²) in [5.41, 5.74) is 0.975. The third kappa shape index (κ3) is 2.67. The average molecular weight is 348 g/mol. The van der Waals surface area contributed by atoms with Gasteiger partial charge in [0.15, 0.2) is 0 Å². The molecule has 0 aliphatic heterocycles. The van der Waals surface area contributed by atoms with E-state index in [-0.39, 0.29) is 0 Å². The summed E-state index contributed by atoms with van der Waals surface area (Å²) in [6.45, 7) is 0. The Morgan fingerprint density at radius 3 is 2.55 bits per heavy atom. The van der Waals surface area contributed by atoms with Gasteiger partial charge in [-0.15, -0.1) is 11.6 Å². The lowest BCUT2D eigenvalue weighted by molar-refractivity contribution is 0.483. The first kappa shape index (κ1) is 13.5. The van der Waals surface area contributed by atoms with Crippen LogP contribution in [0.2, 0.25) is 0 Å². The van der Waals surface area contributed by atoms with Gasteiger partial charge in [0.05, 0.1) is 5.88 Å². The smallest absolute Gasteiger partial charge is 0.135 e. The summed E-state index contributed by atoms with van der Waals surface area (Å²) in [5, 5.41) is 2.25. The van der Waals surface area contributed by atoms with E-state index in [4.69, 9.17) is 16.3 Å². The molecule has 3 rings (SSSR count). The minimum Gasteiger partial charge on any atom is -0.456 e. The van der Waals surface area contributed by atoms with E-state index in [1.807, 2.05) is 42.5 Å². The zero-order chi connectivity index (χ0) is 13.9. The summed E-state index contributed by atoms with van der Waals surface area (Å²) >= 11 is 9.44. The summed E-state index contributed by atoms with van der Waals surface area (Å²) in [6.07, 6.45) is 0. The Hall–Kier alpha value is -1.51. The molecule has 0 radical (unpaired) electrons. The van der Waals surface area contributed by atoms with E-state index < -0.39 is 0 Å². The number of hydrogen-bond donors (Lipinski definition) is 0. The average Bonchev–Trinajstić information content (AvgIpc) is 2.48. The second-order valence-electron chi connectivity index (χ2n) is 4.47. The fourth-order valence-corrected chi connectivity index (χ4v) is 2.70. The monoisotopic (exact) mass is 346 g/mol. The quantitative estimate of drug-likeness (QED) is 0.518. The van der Waals surface area contributed by atoms with E-state index >= 15 is 0 Å². The lowest BCUT2D eigenvalue weighted by Crippen LogP contribution is -1.90. The Balaban J connectivity index is 2.07. The molecule has 0 saturated carbocycles. The van der Waals surface area contributed by atoms with Gasteiger partial charge in [-0.3, -0.25) is 0 Å². The van der Waals surface area contributed by atoms with E-state index in [1.54, 1.807) is 0 Å². The van der Waals surface area contributed by atoms with Crippen molar-refractivity contribution in [2.24, 2.45) is 0 Å². The summed E-state index contributed by atoms with van der Waals surface area (Å²) < 4.78 is 7.05.